The Kier molecular flexibility index (Phi) is 3.71. The number of aromatic nitrogens is 1. The topological polar surface area (TPSA) is 62.0 Å². The van der Waals surface area contributed by atoms with Gasteiger partial charge in [-0.2, -0.15) is 0 Å². The quantitative estimate of drug-likeness (QED) is 0.896. The molecule has 1 amide bonds. The number of halogens is 2. The van der Waals surface area contributed by atoms with E-state index in [0.29, 0.717) is 35.2 Å². The summed E-state index contributed by atoms with van der Waals surface area (Å²) in [4.78, 5) is 27.7. The summed E-state index contributed by atoms with van der Waals surface area (Å²) >= 11 is 0. The number of amides is 1. The van der Waals surface area contributed by atoms with Gasteiger partial charge >= 0.3 is 0 Å². The molecule has 1 saturated carbocycles. The van der Waals surface area contributed by atoms with E-state index in [0.717, 1.165) is 24.6 Å². The third-order valence-corrected chi connectivity index (χ3v) is 5.13. The molecule has 2 aromatic rings. The lowest BCUT2D eigenvalue weighted by atomic mass is 9.94. The molecule has 1 aromatic carbocycles. The van der Waals surface area contributed by atoms with Gasteiger partial charge in [0.15, 0.2) is 5.78 Å². The summed E-state index contributed by atoms with van der Waals surface area (Å²) in [6.45, 7) is 1.78. The first-order valence-electron chi connectivity index (χ1n) is 8.46. The minimum atomic E-state index is -0.611. The molecule has 1 heterocycles. The van der Waals surface area contributed by atoms with Crippen LogP contribution in [0.25, 0.3) is 0 Å². The minimum Gasteiger partial charge on any atom is -0.354 e. The van der Waals surface area contributed by atoms with E-state index < -0.39 is 11.6 Å². The first-order valence-corrected chi connectivity index (χ1v) is 8.46. The standard InChI is InChI=1S/C19H18F2N2O2/c1-9-17-14(3-2-4-16(17)24)22-18(9)19(25)23-15-8-12(15)11-6-5-10(20)7-13(11)21/h5-7,12,15,22H,2-4,8H2,1H3,(H,23,25). The first-order chi connectivity index (χ1) is 12.0. The molecule has 4 nitrogen and oxygen atoms in total. The highest BCUT2D eigenvalue weighted by Gasteiger charge is 2.41. The Morgan fingerprint density at radius 2 is 2.08 bits per heavy atom. The molecule has 1 aromatic heterocycles. The third kappa shape index (κ3) is 2.75. The van der Waals surface area contributed by atoms with Gasteiger partial charge in [0.2, 0.25) is 0 Å². The van der Waals surface area contributed by atoms with Gasteiger partial charge in [0.1, 0.15) is 17.3 Å². The normalized spacial score (nSPS) is 21.8. The van der Waals surface area contributed by atoms with Crippen molar-refractivity contribution in [3.8, 4) is 0 Å². The van der Waals surface area contributed by atoms with E-state index in [-0.39, 0.29) is 23.7 Å². The van der Waals surface area contributed by atoms with E-state index in [9.17, 15) is 18.4 Å². The molecule has 2 N–H and O–H groups in total. The van der Waals surface area contributed by atoms with Crippen molar-refractivity contribution in [1.82, 2.24) is 10.3 Å². The number of fused-ring (bicyclic) bond motifs is 1. The van der Waals surface area contributed by atoms with Crippen molar-refractivity contribution >= 4 is 11.7 Å². The smallest absolute Gasteiger partial charge is 0.268 e. The number of benzene rings is 1. The molecule has 2 atom stereocenters. The SMILES string of the molecule is Cc1c(C(=O)NC2CC2c2ccc(F)cc2F)[nH]c2c1C(=O)CCC2. The number of nitrogens with one attached hydrogen (secondary N) is 2. The molecular weight excluding hydrogens is 326 g/mol. The molecule has 0 saturated heterocycles. The number of carbonyl (C=O) groups excluding carboxylic acids is 2. The number of hydrogen-bond donors (Lipinski definition) is 2. The summed E-state index contributed by atoms with van der Waals surface area (Å²) in [7, 11) is 0. The van der Waals surface area contributed by atoms with Crippen molar-refractivity contribution in [2.75, 3.05) is 0 Å². The molecule has 1 fully saturated rings. The first kappa shape index (κ1) is 16.0. The number of aromatic amines is 1. The Balaban J connectivity index is 1.50. The second-order valence-electron chi connectivity index (χ2n) is 6.84. The van der Waals surface area contributed by atoms with Crippen molar-refractivity contribution in [2.24, 2.45) is 0 Å². The fraction of sp³-hybridized carbons (Fsp3) is 0.368. The highest BCUT2D eigenvalue weighted by Crippen LogP contribution is 2.42. The zero-order valence-corrected chi connectivity index (χ0v) is 13.8. The molecule has 25 heavy (non-hydrogen) atoms. The summed E-state index contributed by atoms with van der Waals surface area (Å²) in [5, 5.41) is 2.88. The highest BCUT2D eigenvalue weighted by molar-refractivity contribution is 6.04. The summed E-state index contributed by atoms with van der Waals surface area (Å²) in [6.07, 6.45) is 2.69. The lowest BCUT2D eigenvalue weighted by Crippen LogP contribution is -2.27. The molecule has 4 rings (SSSR count). The fourth-order valence-electron chi connectivity index (χ4n) is 3.74. The largest absolute Gasteiger partial charge is 0.354 e. The van der Waals surface area contributed by atoms with Crippen molar-refractivity contribution in [1.29, 1.82) is 0 Å². The molecule has 130 valence electrons. The van der Waals surface area contributed by atoms with E-state index in [1.165, 1.54) is 12.1 Å². The van der Waals surface area contributed by atoms with Gasteiger partial charge in [-0.1, -0.05) is 6.07 Å². The van der Waals surface area contributed by atoms with Crippen LogP contribution < -0.4 is 5.32 Å². The van der Waals surface area contributed by atoms with Crippen molar-refractivity contribution < 1.29 is 18.4 Å². The van der Waals surface area contributed by atoms with Crippen LogP contribution in [-0.4, -0.2) is 22.7 Å². The summed E-state index contributed by atoms with van der Waals surface area (Å²) in [6, 6.07) is 3.34. The Hall–Kier alpha value is -2.50. The van der Waals surface area contributed by atoms with Crippen LogP contribution in [0, 0.1) is 18.6 Å². The monoisotopic (exact) mass is 344 g/mol. The van der Waals surface area contributed by atoms with Gasteiger partial charge < -0.3 is 10.3 Å². The second kappa shape index (κ2) is 5.79. The maximum absolute atomic E-state index is 13.8. The van der Waals surface area contributed by atoms with Crippen LogP contribution in [0.5, 0.6) is 0 Å². The molecule has 6 heteroatoms. The van der Waals surface area contributed by atoms with Crippen LogP contribution >= 0.6 is 0 Å². The van der Waals surface area contributed by atoms with E-state index in [4.69, 9.17) is 0 Å². The number of hydrogen-bond acceptors (Lipinski definition) is 2. The number of carbonyl (C=O) groups is 2. The highest BCUT2D eigenvalue weighted by atomic mass is 19.1. The van der Waals surface area contributed by atoms with E-state index in [1.807, 2.05) is 0 Å². The Bertz CT molecular complexity index is 888. The Morgan fingerprint density at radius 1 is 1.28 bits per heavy atom. The molecule has 0 spiro atoms. The van der Waals surface area contributed by atoms with Crippen LogP contribution in [-0.2, 0) is 6.42 Å². The average molecular weight is 344 g/mol. The maximum atomic E-state index is 13.8. The summed E-state index contributed by atoms with van der Waals surface area (Å²) in [5.74, 6) is -1.55. The molecule has 0 bridgehead atoms. The van der Waals surface area contributed by atoms with Crippen molar-refractivity contribution in [3.05, 3.63) is 57.9 Å². The molecule has 0 aliphatic heterocycles. The fourth-order valence-corrected chi connectivity index (χ4v) is 3.74. The number of aryl methyl sites for hydroxylation is 1. The van der Waals surface area contributed by atoms with Crippen molar-refractivity contribution in [3.63, 3.8) is 0 Å². The zero-order valence-electron chi connectivity index (χ0n) is 13.8. The Labute approximate surface area is 143 Å². The summed E-state index contributed by atoms with van der Waals surface area (Å²) in [5.41, 5.74) is 2.99. The molecule has 2 aliphatic rings. The molecule has 2 aliphatic carbocycles. The van der Waals surface area contributed by atoms with Gasteiger partial charge in [0.05, 0.1) is 0 Å². The predicted octanol–water partition coefficient (Wildman–Crippen LogP) is 3.41. The molecule has 0 radical (unpaired) electrons. The van der Waals surface area contributed by atoms with E-state index >= 15 is 0 Å². The second-order valence-corrected chi connectivity index (χ2v) is 6.84. The average Bonchev–Trinajstić information content (AvgIpc) is 3.21. The third-order valence-electron chi connectivity index (χ3n) is 5.13. The molecular formula is C19H18F2N2O2. The van der Waals surface area contributed by atoms with Gasteiger partial charge in [-0.3, -0.25) is 9.59 Å². The van der Waals surface area contributed by atoms with Crippen LogP contribution in [0.15, 0.2) is 18.2 Å². The van der Waals surface area contributed by atoms with Gasteiger partial charge in [0.25, 0.3) is 5.91 Å². The Morgan fingerprint density at radius 3 is 2.80 bits per heavy atom. The van der Waals surface area contributed by atoms with Gasteiger partial charge in [-0.15, -0.1) is 0 Å². The van der Waals surface area contributed by atoms with Crippen LogP contribution in [0.4, 0.5) is 8.78 Å². The van der Waals surface area contributed by atoms with Crippen LogP contribution in [0.2, 0.25) is 0 Å². The number of ketones is 1. The lowest BCUT2D eigenvalue weighted by molar-refractivity contribution is 0.0944. The predicted molar refractivity (Wildman–Crippen MR) is 87.8 cm³/mol. The number of Topliss-reactive ketones (excluding diaryl/α,β-unsaturated/α-hetero) is 1. The number of rotatable bonds is 3. The van der Waals surface area contributed by atoms with Gasteiger partial charge in [0, 0.05) is 35.7 Å². The summed E-state index contributed by atoms with van der Waals surface area (Å²) < 4.78 is 26.8. The maximum Gasteiger partial charge on any atom is 0.268 e. The van der Waals surface area contributed by atoms with Crippen LogP contribution in [0.1, 0.15) is 62.8 Å². The van der Waals surface area contributed by atoms with Gasteiger partial charge in [-0.25, -0.2) is 8.78 Å². The van der Waals surface area contributed by atoms with E-state index in [1.54, 1.807) is 6.92 Å². The lowest BCUT2D eigenvalue weighted by Gasteiger charge is -2.09. The molecule has 2 unspecified atom stereocenters. The van der Waals surface area contributed by atoms with Gasteiger partial charge in [-0.05, 0) is 43.4 Å². The minimum absolute atomic E-state index is 0.0757. The zero-order chi connectivity index (χ0) is 17.7. The van der Waals surface area contributed by atoms with Crippen LogP contribution in [0.3, 0.4) is 0 Å². The number of H-pyrrole nitrogens is 1. The van der Waals surface area contributed by atoms with E-state index in [2.05, 4.69) is 10.3 Å². The van der Waals surface area contributed by atoms with Crippen molar-refractivity contribution in [2.45, 2.75) is 44.6 Å².